The average molecular weight is 2200 g/mol. The number of aliphatic imine (C=N–C) groups is 1. The summed E-state index contributed by atoms with van der Waals surface area (Å²) in [6.07, 6.45) is -17.0. The molecule has 18 rings (SSSR count). The van der Waals surface area contributed by atoms with Crippen LogP contribution < -0.4 is 21.9 Å². The summed E-state index contributed by atoms with van der Waals surface area (Å²) in [5.41, 5.74) is 19.0. The van der Waals surface area contributed by atoms with Gasteiger partial charge in [0, 0.05) is 51.1 Å². The predicted molar refractivity (Wildman–Crippen MR) is 473 cm³/mol. The van der Waals surface area contributed by atoms with E-state index in [9.17, 15) is 93.5 Å². The highest BCUT2D eigenvalue weighted by Crippen LogP contribution is 2.47. The smallest absolute Gasteiger partial charge is 0.397 e. The molecule has 7 aliphatic heterocycles. The van der Waals surface area contributed by atoms with E-state index in [-0.39, 0.29) is 79.5 Å². The summed E-state index contributed by atoms with van der Waals surface area (Å²) in [5.74, 6) is 0.696. The number of fused-ring (bicyclic) bond motifs is 6. The molecule has 145 heavy (non-hydrogen) atoms. The number of azide groups is 1. The van der Waals surface area contributed by atoms with Gasteiger partial charge < -0.3 is 169 Å². The first-order valence-electron chi connectivity index (χ1n) is 41.2. The number of aliphatic hydroxyl groups excluding tert-OH is 12. The molecule has 0 aliphatic carbocycles. The number of carbonyl (C=O) groups excluding carboxylic acids is 1. The van der Waals surface area contributed by atoms with Crippen molar-refractivity contribution in [3.05, 3.63) is 101 Å². The van der Waals surface area contributed by atoms with Gasteiger partial charge in [-0.2, -0.15) is 0 Å². The summed E-state index contributed by atoms with van der Waals surface area (Å²) in [7, 11) is -23.4. The van der Waals surface area contributed by atoms with Crippen LogP contribution in [0.1, 0.15) is 60.1 Å². The lowest BCUT2D eigenvalue weighted by Crippen LogP contribution is -2.33. The van der Waals surface area contributed by atoms with Crippen molar-refractivity contribution < 1.29 is 208 Å². The van der Waals surface area contributed by atoms with Crippen molar-refractivity contribution in [2.45, 2.75) is 161 Å². The van der Waals surface area contributed by atoms with E-state index in [1.807, 2.05) is 0 Å². The molecule has 6 saturated heterocycles. The Morgan fingerprint density at radius 2 is 0.814 bits per heavy atom. The highest BCUT2D eigenvalue weighted by molar-refractivity contribution is 7.47. The summed E-state index contributed by atoms with van der Waals surface area (Å²) in [6, 6.07) is 3.20. The zero-order valence-electron chi connectivity index (χ0n) is 74.1. The third-order valence-electron chi connectivity index (χ3n) is 21.9. The molecule has 71 nitrogen and oxygen atoms in total. The third kappa shape index (κ3) is 26.2. The first-order valence-corrected chi connectivity index (χ1v) is 50.8. The molecular weight excluding hydrogens is 2110 g/mol. The minimum absolute atomic E-state index is 0.105. The van der Waals surface area contributed by atoms with Crippen LogP contribution in [0.5, 0.6) is 0 Å². The number of aromatic nitrogens is 20. The Hall–Kier alpha value is -9.82. The summed E-state index contributed by atoms with van der Waals surface area (Å²) >= 11 is 5.88. The number of phosphoric ester groups is 6. The highest BCUT2D eigenvalue weighted by Gasteiger charge is 2.52. The van der Waals surface area contributed by atoms with Crippen LogP contribution in [0.2, 0.25) is 5.15 Å². The molecule has 29 N–H and O–H groups in total. The SMILES string of the molecule is CNc1ccnc2c1ncn2[C@@H]1O[C@H](COP(=O)(O)O)[C@@H](O)[C@H]1O.CNc1nc(C)nc2c1ncn2[C@@H]1O[C@H](COP(=O)(O)O)[C@@H](O)[C@H]1O.Cn1cnc2c(ncn2[C@@H]2O[C@H](COP(=O)(O)O)[C@@H](O)[C@H]2O)c1=N.O=C1CC=Nc2c1ncn2[C@@H]1O[C@H](COP(=O)(O)O)[C@@H](O)[C@H]1O.O=P(O)(O)OC[C@H]1O[C@@H](n2cnc3c(Cl)ncnc32)[C@H](O)[C@@H]1O.[N-]=[N+]=Nc1nc2c(N)ccnc2n1[C@@H]1O[C@H](COP(=O)(O)O)[C@@H](O)[C@H]1O. The van der Waals surface area contributed by atoms with Crippen LogP contribution in [0.15, 0.2) is 78.9 Å². The second-order valence-electron chi connectivity index (χ2n) is 31.4. The number of hydrogen-bond donors (Lipinski definition) is 28. The number of ether oxygens (including phenoxy) is 6. The lowest BCUT2D eigenvalue weighted by molar-refractivity contribution is -0.0512. The first kappa shape index (κ1) is 112. The maximum atomic E-state index is 11.7. The zero-order chi connectivity index (χ0) is 106. The summed E-state index contributed by atoms with van der Waals surface area (Å²) in [4.78, 5) is 176. The molecule has 0 amide bonds. The molecule has 11 aromatic rings. The normalized spacial score (nSPS) is 28.0. The van der Waals surface area contributed by atoms with Gasteiger partial charge in [0.05, 0.1) is 89.0 Å². The number of hydrogen-bond acceptors (Lipinski definition) is 50. The number of imidazole rings is 6. The van der Waals surface area contributed by atoms with Crippen molar-refractivity contribution in [2.75, 3.05) is 70.1 Å². The van der Waals surface area contributed by atoms with Gasteiger partial charge in [0.15, 0.2) is 105 Å². The largest absolute Gasteiger partial charge is 0.469 e. The van der Waals surface area contributed by atoms with Crippen LogP contribution in [0.3, 0.4) is 0 Å². The van der Waals surface area contributed by atoms with Gasteiger partial charge in [-0.15, -0.1) is 0 Å². The van der Waals surface area contributed by atoms with E-state index in [0.717, 1.165) is 10.3 Å². The number of nitrogens with two attached hydrogens (primary N) is 1. The van der Waals surface area contributed by atoms with Crippen molar-refractivity contribution in [3.63, 3.8) is 0 Å². The third-order valence-corrected chi connectivity index (χ3v) is 25.0. The van der Waals surface area contributed by atoms with Gasteiger partial charge in [-0.1, -0.05) is 11.6 Å². The van der Waals surface area contributed by atoms with Crippen molar-refractivity contribution in [3.8, 4) is 0 Å². The van der Waals surface area contributed by atoms with Crippen molar-refractivity contribution in [2.24, 2.45) is 17.2 Å². The number of rotatable bonds is 27. The molecular formula is C67H91ClN28O43P6. The summed E-state index contributed by atoms with van der Waals surface area (Å²) in [5, 5.41) is 138. The van der Waals surface area contributed by atoms with E-state index in [2.05, 4.69) is 118 Å². The molecule has 0 radical (unpaired) electrons. The summed E-state index contributed by atoms with van der Waals surface area (Å²) < 4.78 is 133. The molecule has 0 saturated carbocycles. The van der Waals surface area contributed by atoms with E-state index in [0.29, 0.717) is 34.0 Å². The highest BCUT2D eigenvalue weighted by atomic mass is 35.5. The molecule has 24 atom stereocenters. The van der Waals surface area contributed by atoms with E-state index in [4.69, 9.17) is 115 Å². The standard InChI is InChI=1S/C12H18N5O7P.C12H17N4O7P.C11H14N7O7P.C11H16N5O7P.C11H14N3O8P.C10H12ClN4O7P/c1-5-15-10(13-2)7-11(16-5)17(4-14-7)12-9(19)8(18)6(24-12)3-23-25(20,21)22;1-13-6-2-3-14-11-8(6)15-5-16(11)12-10(18)9(17)7(23-12)4-22-24(19,20)21;12-4-1-2-14-9-6(4)15-11(16-17-13)18(9)10-8(20)7(19)5(25-10)3-24-26(21,22)23;1-15-3-14-10-6(9(15)12)13-4-16(10)11-8(18)7(17)5(23-11)2-22-24(19,20)21;15-5-1-2-12-10-7(5)13-4-14(10)11-9(17)8(16)6(22-11)3-21-23(18,19)20;11-8-5-9(13-2-12-8)15(3-14-5)10-7(17)6(16)4(22-10)1-21-23(18,19)20/h4,6,8-9,12,18-19H,3H2,1-2H3,(H,13,15,16)(H2,20,21,22);2-3,5,7,9-10,12,17-18H,4H2,1H3,(H,13,14)(H2,19,20,21);1-2,5,7-8,10,19-20H,3H2,(H2,12,14)(H2,21,22,23);3-5,7-8,11-12,17-18H,2H2,1H3,(H2,19,20,21);2,4,6,8-9,11,16-17H,1,3H2,(H2,18,19,20);2-4,6-7,10,16-17H,1H2,(H2,18,19,20)/t6-,8-,9-,12-;7-,9-,10-,12-;5-,7-,8-,10-;5-,7-,8-,11-;6-,8-,9-,11-;4-,6-,7-,10-/m111111/s1. The van der Waals surface area contributed by atoms with Gasteiger partial charge in [-0.3, -0.25) is 64.7 Å². The Morgan fingerprint density at radius 1 is 0.448 bits per heavy atom. The van der Waals surface area contributed by atoms with E-state index >= 15 is 0 Å². The van der Waals surface area contributed by atoms with E-state index in [1.54, 1.807) is 40.3 Å². The number of nitrogens with one attached hydrogen (secondary N) is 3. The number of aryl methyl sites for hydroxylation is 2. The molecule has 7 aliphatic rings. The predicted octanol–water partition coefficient (Wildman–Crippen LogP) is -6.12. The molecule has 0 unspecified atom stereocenters. The number of halogens is 1. The van der Waals surface area contributed by atoms with Crippen LogP contribution in [-0.4, -0.2) is 392 Å². The minimum atomic E-state index is -4.80. The molecule has 794 valence electrons. The van der Waals surface area contributed by atoms with Gasteiger partial charge in [-0.25, -0.2) is 97.2 Å². The number of anilines is 3. The van der Waals surface area contributed by atoms with Gasteiger partial charge in [0.1, 0.15) is 144 Å². The van der Waals surface area contributed by atoms with Crippen molar-refractivity contribution in [1.29, 1.82) is 5.41 Å². The van der Waals surface area contributed by atoms with E-state index in [1.165, 1.54) is 90.2 Å². The molecule has 78 heteroatoms. The Balaban J connectivity index is 0.000000146. The molecule has 0 aromatic carbocycles. The molecule has 18 heterocycles. The lowest BCUT2D eigenvalue weighted by Gasteiger charge is -2.18. The van der Waals surface area contributed by atoms with E-state index < -0.39 is 234 Å². The fourth-order valence-electron chi connectivity index (χ4n) is 15.0. The Bertz CT molecular complexity index is 6930. The van der Waals surface area contributed by atoms with Gasteiger partial charge in [0.25, 0.3) is 0 Å². The monoisotopic (exact) mass is 2200 g/mol. The van der Waals surface area contributed by atoms with Crippen molar-refractivity contribution >= 4 is 155 Å². The quantitative estimate of drug-likeness (QED) is 0.00749. The number of ketones is 1. The Morgan fingerprint density at radius 3 is 1.23 bits per heavy atom. The lowest BCUT2D eigenvalue weighted by atomic mass is 10.1. The maximum absolute atomic E-state index is 11.7. The van der Waals surface area contributed by atoms with Crippen LogP contribution in [0.25, 0.3) is 66.3 Å². The number of phosphoric acid groups is 6. The number of nitrogens with zero attached hydrogens (tertiary/aromatic N) is 24. The van der Waals surface area contributed by atoms with Gasteiger partial charge >= 0.3 is 46.9 Å². The van der Waals surface area contributed by atoms with Crippen LogP contribution in [-0.2, 0) is 90.0 Å². The second-order valence-corrected chi connectivity index (χ2v) is 39.2. The van der Waals surface area contributed by atoms with Crippen LogP contribution in [0.4, 0.5) is 29.0 Å². The molecule has 6 fully saturated rings. The minimum Gasteiger partial charge on any atom is -0.397 e. The van der Waals surface area contributed by atoms with Gasteiger partial charge in [-0.05, 0) is 29.7 Å². The number of nitrogen functional groups attached to an aromatic ring is 1. The fraction of sp³-hybridized carbons (Fsp3) is 0.522. The number of aliphatic hydroxyl groups is 12. The Labute approximate surface area is 811 Å². The van der Waals surface area contributed by atoms with Gasteiger partial charge in [0.2, 0.25) is 5.95 Å². The van der Waals surface area contributed by atoms with Crippen LogP contribution in [0, 0.1) is 12.3 Å². The number of Topliss-reactive ketones (excluding diaryl/α,β-unsaturated/α-hetero) is 1. The topological polar surface area (TPSA) is 1050 Å². The van der Waals surface area contributed by atoms with Crippen LogP contribution >= 0.6 is 58.5 Å². The maximum Gasteiger partial charge on any atom is 0.469 e. The Kier molecular flexibility index (Phi) is 35.4. The fourth-order valence-corrected chi connectivity index (χ4v) is 17.2. The molecule has 0 spiro atoms. The van der Waals surface area contributed by atoms with Crippen molar-refractivity contribution in [1.82, 2.24) is 96.8 Å². The second kappa shape index (κ2) is 45.7. The number of carbonyl (C=O) groups is 1. The number of pyridine rings is 2. The first-order chi connectivity index (χ1) is 68.0. The average Bonchev–Trinajstić information content (AvgIpc) is 1.65. The zero-order valence-corrected chi connectivity index (χ0v) is 80.2. The molecule has 11 aromatic heterocycles. The molecule has 0 bridgehead atoms. The summed E-state index contributed by atoms with van der Waals surface area (Å²) in [6.45, 7) is -1.95.